The fraction of sp³-hybridized carbons (Fsp3) is 0.462. The minimum atomic E-state index is -3.82. The van der Waals surface area contributed by atoms with Crippen LogP contribution in [0.15, 0.2) is 58.4 Å². The summed E-state index contributed by atoms with van der Waals surface area (Å²) in [6.07, 6.45) is 5.79. The molecule has 1 aliphatic carbocycles. The normalized spacial score (nSPS) is 25.8. The second kappa shape index (κ2) is 9.84. The molecule has 2 atom stereocenters. The van der Waals surface area contributed by atoms with E-state index in [9.17, 15) is 13.6 Å². The highest BCUT2D eigenvalue weighted by Crippen LogP contribution is 2.41. The molecule has 3 fully saturated rings. The highest BCUT2D eigenvalue weighted by molar-refractivity contribution is 7.95. The van der Waals surface area contributed by atoms with Gasteiger partial charge in [0.2, 0.25) is 0 Å². The van der Waals surface area contributed by atoms with Crippen molar-refractivity contribution in [3.8, 4) is 11.5 Å². The Morgan fingerprint density at radius 1 is 1.06 bits per heavy atom. The van der Waals surface area contributed by atoms with Crippen LogP contribution in [0.1, 0.15) is 38.5 Å². The molecular formula is C26H32N4O5S. The number of urea groups is 1. The van der Waals surface area contributed by atoms with E-state index in [-0.39, 0.29) is 30.1 Å². The van der Waals surface area contributed by atoms with Gasteiger partial charge in [-0.05, 0) is 43.5 Å². The number of rotatable bonds is 6. The molecule has 0 radical (unpaired) electrons. The first-order chi connectivity index (χ1) is 17.4. The molecule has 3 aliphatic rings. The number of amidine groups is 1. The van der Waals surface area contributed by atoms with Gasteiger partial charge in [-0.2, -0.15) is 0 Å². The van der Waals surface area contributed by atoms with Gasteiger partial charge in [0.05, 0.1) is 32.5 Å². The fourth-order valence-electron chi connectivity index (χ4n) is 5.48. The summed E-state index contributed by atoms with van der Waals surface area (Å²) in [6, 6.07) is 13.6. The molecule has 1 saturated carbocycles. The molecule has 1 spiro atoms. The van der Waals surface area contributed by atoms with E-state index in [4.69, 9.17) is 14.5 Å². The second-order valence-electron chi connectivity index (χ2n) is 9.54. The molecule has 2 amide bonds. The van der Waals surface area contributed by atoms with Crippen molar-refractivity contribution in [1.82, 2.24) is 9.62 Å². The van der Waals surface area contributed by atoms with Crippen molar-refractivity contribution >= 4 is 28.0 Å². The number of nitrogens with zero attached hydrogens (tertiary/aromatic N) is 3. The first-order valence-corrected chi connectivity index (χ1v) is 13.8. The summed E-state index contributed by atoms with van der Waals surface area (Å²) in [7, 11) is -0.737. The summed E-state index contributed by atoms with van der Waals surface area (Å²) < 4.78 is 39.4. The van der Waals surface area contributed by atoms with Crippen molar-refractivity contribution in [2.24, 2.45) is 4.99 Å². The maximum atomic E-state index is 13.7. The van der Waals surface area contributed by atoms with Gasteiger partial charge in [0.1, 0.15) is 22.9 Å². The Hall–Kier alpha value is -2.95. The Bertz CT molecular complexity index is 1210. The van der Waals surface area contributed by atoms with E-state index in [2.05, 4.69) is 5.32 Å². The van der Waals surface area contributed by atoms with Gasteiger partial charge in [-0.15, -0.1) is 4.31 Å². The maximum Gasteiger partial charge on any atom is 0.328 e. The number of aliphatic imine (C=N–C) groups is 1. The Balaban J connectivity index is 1.55. The summed E-state index contributed by atoms with van der Waals surface area (Å²) in [5, 5.41) is 3.00. The third-order valence-electron chi connectivity index (χ3n) is 7.39. The summed E-state index contributed by atoms with van der Waals surface area (Å²) >= 11 is 0. The predicted octanol–water partition coefficient (Wildman–Crippen LogP) is 4.01. The summed E-state index contributed by atoms with van der Waals surface area (Å²) in [6.45, 7) is 0.368. The molecule has 1 N–H and O–H groups in total. The number of nitrogens with one attached hydrogen (secondary N) is 1. The van der Waals surface area contributed by atoms with Crippen LogP contribution < -0.4 is 19.7 Å². The van der Waals surface area contributed by atoms with Gasteiger partial charge < -0.3 is 14.0 Å². The van der Waals surface area contributed by atoms with Crippen molar-refractivity contribution in [2.45, 2.75) is 55.0 Å². The van der Waals surface area contributed by atoms with Crippen molar-refractivity contribution < 1.29 is 23.0 Å². The number of methoxy groups -OCH3 is 2. The van der Waals surface area contributed by atoms with Crippen LogP contribution >= 0.6 is 0 Å². The van der Waals surface area contributed by atoms with E-state index >= 15 is 0 Å². The first kappa shape index (κ1) is 24.7. The fourth-order valence-corrected chi connectivity index (χ4v) is 7.01. The Labute approximate surface area is 212 Å². The van der Waals surface area contributed by atoms with Crippen molar-refractivity contribution in [2.75, 3.05) is 32.2 Å². The lowest BCUT2D eigenvalue weighted by atomic mass is 9.93. The smallest absolute Gasteiger partial charge is 0.328 e. The summed E-state index contributed by atoms with van der Waals surface area (Å²) in [4.78, 5) is 20.3. The van der Waals surface area contributed by atoms with Gasteiger partial charge in [0.25, 0.3) is 0 Å². The lowest BCUT2D eigenvalue weighted by Crippen LogP contribution is -2.53. The van der Waals surface area contributed by atoms with Crippen molar-refractivity contribution in [3.63, 3.8) is 0 Å². The third-order valence-corrected chi connectivity index (χ3v) is 9.23. The zero-order valence-corrected chi connectivity index (χ0v) is 21.5. The lowest BCUT2D eigenvalue weighted by Gasteiger charge is -2.34. The molecule has 2 aliphatic heterocycles. The monoisotopic (exact) mass is 512 g/mol. The van der Waals surface area contributed by atoms with E-state index in [1.807, 2.05) is 18.2 Å². The van der Waals surface area contributed by atoms with Gasteiger partial charge in [0, 0.05) is 18.7 Å². The standard InChI is InChI=1S/C26H32N4O5S/c1-34-21-11-6-10-20(16-21)30-25(31)28-24(27-19-8-4-3-5-9-19)26(30)14-15-29(18-26)36(32,33)23-13-7-12-22(17-23)35-2/h6-7,10-13,16-17,19H,3-5,8-9,14-15,18H2,1-2H3,(H-,27,28,31,32,33). The molecule has 36 heavy (non-hydrogen) atoms. The van der Waals surface area contributed by atoms with Gasteiger partial charge in [0.15, 0.2) is 15.3 Å². The highest BCUT2D eigenvalue weighted by atomic mass is 32.3. The predicted molar refractivity (Wildman–Crippen MR) is 137 cm³/mol. The number of ether oxygens (including phenoxy) is 2. The van der Waals surface area contributed by atoms with Crippen LogP contribution in [-0.4, -0.2) is 59.6 Å². The first-order valence-electron chi connectivity index (χ1n) is 12.4. The molecule has 9 nitrogen and oxygen atoms in total. The minimum Gasteiger partial charge on any atom is -0.593 e. The zero-order valence-electron chi connectivity index (χ0n) is 20.6. The third kappa shape index (κ3) is 4.38. The molecular weight excluding hydrogens is 480 g/mol. The summed E-state index contributed by atoms with van der Waals surface area (Å²) in [5.41, 5.74) is -0.284. The molecule has 2 aromatic rings. The minimum absolute atomic E-state index is 0.105. The molecule has 0 bridgehead atoms. The van der Waals surface area contributed by atoms with E-state index in [1.54, 1.807) is 36.3 Å². The number of hydrogen-bond donors (Lipinski definition) is 1. The van der Waals surface area contributed by atoms with Crippen molar-refractivity contribution in [1.29, 1.82) is 0 Å². The van der Waals surface area contributed by atoms with Gasteiger partial charge in [-0.1, -0.05) is 35.6 Å². The average Bonchev–Trinajstić information content (AvgIpc) is 3.46. The highest BCUT2D eigenvalue weighted by Gasteiger charge is 2.59. The van der Waals surface area contributed by atoms with Crippen LogP contribution in [0, 0.1) is 0 Å². The van der Waals surface area contributed by atoms with Crippen LogP contribution in [0.5, 0.6) is 11.5 Å². The van der Waals surface area contributed by atoms with Gasteiger partial charge in [-0.25, -0.2) is 4.79 Å². The molecule has 2 unspecified atom stereocenters. The Morgan fingerprint density at radius 2 is 1.75 bits per heavy atom. The molecule has 0 aromatic heterocycles. The van der Waals surface area contributed by atoms with Crippen LogP contribution in [0.3, 0.4) is 0 Å². The maximum absolute atomic E-state index is 13.7. The number of hydrogen-bond acceptors (Lipinski definition) is 6. The lowest BCUT2D eigenvalue weighted by molar-refractivity contribution is 0.251. The molecule has 10 heteroatoms. The quantitative estimate of drug-likeness (QED) is 0.589. The zero-order chi connectivity index (χ0) is 25.3. The van der Waals surface area contributed by atoms with Crippen LogP contribution in [0.25, 0.3) is 0 Å². The van der Waals surface area contributed by atoms with Crippen molar-refractivity contribution in [3.05, 3.63) is 48.5 Å². The van der Waals surface area contributed by atoms with E-state index in [0.717, 1.165) is 25.7 Å². The molecule has 5 rings (SSSR count). The molecule has 2 aromatic carbocycles. The largest absolute Gasteiger partial charge is 0.593 e. The number of anilines is 1. The van der Waals surface area contributed by atoms with Crippen LogP contribution in [-0.2, 0) is 14.6 Å². The van der Waals surface area contributed by atoms with Gasteiger partial charge in [-0.3, -0.25) is 15.2 Å². The second-order valence-corrected chi connectivity index (χ2v) is 11.5. The topological polar surface area (TPSA) is 107 Å². The van der Waals surface area contributed by atoms with E-state index in [0.29, 0.717) is 29.4 Å². The number of amides is 2. The number of benzene rings is 2. The van der Waals surface area contributed by atoms with E-state index < -0.39 is 15.9 Å². The number of sulfonamides is 1. The Morgan fingerprint density at radius 3 is 2.47 bits per heavy atom. The number of carbonyl (C=O) groups excluding carboxylic acids is 1. The molecule has 2 heterocycles. The van der Waals surface area contributed by atoms with Crippen LogP contribution in [0.4, 0.5) is 10.5 Å². The summed E-state index contributed by atoms with van der Waals surface area (Å²) in [5.74, 6) is 1.65. The molecule has 192 valence electrons. The average molecular weight is 513 g/mol. The van der Waals surface area contributed by atoms with Gasteiger partial charge >= 0.3 is 6.03 Å². The Kier molecular flexibility index (Phi) is 6.76. The molecule has 2 saturated heterocycles. The van der Waals surface area contributed by atoms with E-state index in [1.165, 1.54) is 23.9 Å². The SMILES string of the molecule is COc1cccc(N2C(=O)NC(=NC3CCCCC3)C23CCN([S+](=O)([O-])c2cccc(OC)c2)C3)c1. The number of carbonyl (C=O) groups is 1. The van der Waals surface area contributed by atoms with Crippen LogP contribution in [0.2, 0.25) is 0 Å².